The Kier molecular flexibility index (Phi) is 5.88. The highest BCUT2D eigenvalue weighted by Gasteiger charge is 2.38. The third-order valence-corrected chi connectivity index (χ3v) is 3.52. The van der Waals surface area contributed by atoms with E-state index in [1.807, 2.05) is 18.7 Å². The third kappa shape index (κ3) is 4.15. The normalized spacial score (nSPS) is 17.0. The molecule has 0 radical (unpaired) electrons. The van der Waals surface area contributed by atoms with E-state index in [-0.39, 0.29) is 0 Å². The molecular weight excluding hydrogens is 294 g/mol. The summed E-state index contributed by atoms with van der Waals surface area (Å²) in [5, 5.41) is 0. The van der Waals surface area contributed by atoms with Crippen LogP contribution in [0.25, 0.3) is 0 Å². The van der Waals surface area contributed by atoms with Crippen molar-refractivity contribution in [2.24, 2.45) is 0 Å². The SMILES string of the molecule is CCN(CC)C(C)(Br)O[Br+2]([O-])[O-]. The molecule has 0 bridgehead atoms. The molecule has 0 saturated carbocycles. The minimum absolute atomic E-state index is 0.730. The zero-order valence-electron chi connectivity index (χ0n) is 7.34. The predicted octanol–water partition coefficient (Wildman–Crippen LogP) is -0.500. The molecular formula is C6H13Br2NO3. The minimum Gasteiger partial charge on any atom is -0.372 e. The van der Waals surface area contributed by atoms with Gasteiger partial charge in [0.05, 0.1) is 0 Å². The number of hydrogen-bond acceptors (Lipinski definition) is 4. The quantitative estimate of drug-likeness (QED) is 0.390. The Morgan fingerprint density at radius 1 is 1.42 bits per heavy atom. The molecule has 0 fully saturated rings. The van der Waals surface area contributed by atoms with Crippen molar-refractivity contribution in [2.75, 3.05) is 13.1 Å². The molecule has 0 heterocycles. The first-order valence-electron chi connectivity index (χ1n) is 3.63. The summed E-state index contributed by atoms with van der Waals surface area (Å²) >= 11 is 0.0344. The van der Waals surface area contributed by atoms with Crippen LogP contribution in [0.2, 0.25) is 0 Å². The Labute approximate surface area is 86.5 Å². The largest absolute Gasteiger partial charge is 0.440 e. The molecule has 0 aromatic heterocycles. The van der Waals surface area contributed by atoms with E-state index in [9.17, 15) is 8.40 Å². The van der Waals surface area contributed by atoms with Crippen LogP contribution < -0.4 is 8.40 Å². The lowest BCUT2D eigenvalue weighted by atomic mass is 10.5. The molecule has 0 aliphatic rings. The van der Waals surface area contributed by atoms with E-state index in [1.165, 1.54) is 0 Å². The molecule has 74 valence electrons. The van der Waals surface area contributed by atoms with Crippen molar-refractivity contribution in [1.82, 2.24) is 4.90 Å². The second kappa shape index (κ2) is 5.51. The Bertz CT molecular complexity index is 128. The van der Waals surface area contributed by atoms with Crippen LogP contribution in [0.1, 0.15) is 20.8 Å². The second-order valence-electron chi connectivity index (χ2n) is 2.31. The zero-order chi connectivity index (χ0) is 9.78. The van der Waals surface area contributed by atoms with E-state index >= 15 is 0 Å². The lowest BCUT2D eigenvalue weighted by Crippen LogP contribution is -2.49. The van der Waals surface area contributed by atoms with E-state index in [2.05, 4.69) is 15.9 Å². The van der Waals surface area contributed by atoms with Gasteiger partial charge in [-0.05, 0) is 35.9 Å². The van der Waals surface area contributed by atoms with Gasteiger partial charge in [0, 0.05) is 3.83 Å². The van der Waals surface area contributed by atoms with Gasteiger partial charge in [0.1, 0.15) is 0 Å². The van der Waals surface area contributed by atoms with Crippen LogP contribution >= 0.6 is 15.9 Å². The summed E-state index contributed by atoms with van der Waals surface area (Å²) in [7, 11) is 0. The fourth-order valence-electron chi connectivity index (χ4n) is 0.952. The van der Waals surface area contributed by atoms with Crippen LogP contribution in [-0.2, 0) is 3.83 Å². The van der Waals surface area contributed by atoms with E-state index < -0.39 is 19.4 Å². The molecule has 0 aromatic rings. The summed E-state index contributed by atoms with van der Waals surface area (Å²) in [6, 6.07) is 0. The highest BCUT2D eigenvalue weighted by molar-refractivity contribution is 9.10. The van der Waals surface area contributed by atoms with Crippen molar-refractivity contribution in [3.63, 3.8) is 0 Å². The van der Waals surface area contributed by atoms with Crippen LogP contribution in [0.5, 0.6) is 0 Å². The molecule has 12 heavy (non-hydrogen) atoms. The molecule has 0 N–H and O–H groups in total. The van der Waals surface area contributed by atoms with Crippen LogP contribution in [0, 0.1) is 14.8 Å². The summed E-state index contributed by atoms with van der Waals surface area (Å²) in [5.74, 6) is 0. The van der Waals surface area contributed by atoms with Crippen molar-refractivity contribution < 1.29 is 27.0 Å². The molecule has 0 amide bonds. The molecule has 0 saturated heterocycles. The number of rotatable bonds is 5. The summed E-state index contributed by atoms with van der Waals surface area (Å²) in [6.45, 7) is 7.01. The first-order valence-corrected chi connectivity index (χ1v) is 6.36. The molecule has 0 aliphatic carbocycles. The van der Waals surface area contributed by atoms with Gasteiger partial charge < -0.3 is 8.40 Å². The standard InChI is InChI=1S/C6H13Br2NO3/c1-4-9(5-2)6(3,7)12-8(10)11/h4-5H2,1-3H3. The molecule has 0 aliphatic heterocycles. The Balaban J connectivity index is 4.14. The lowest BCUT2D eigenvalue weighted by Gasteiger charge is -2.28. The van der Waals surface area contributed by atoms with Gasteiger partial charge in [-0.2, -0.15) is 0 Å². The van der Waals surface area contributed by atoms with Gasteiger partial charge in [0.15, 0.2) is 0 Å². The van der Waals surface area contributed by atoms with E-state index in [0.29, 0.717) is 0 Å². The first-order chi connectivity index (χ1) is 5.44. The first kappa shape index (κ1) is 12.8. The average Bonchev–Trinajstić information content (AvgIpc) is 1.85. The molecule has 6 heteroatoms. The molecule has 4 nitrogen and oxygen atoms in total. The van der Waals surface area contributed by atoms with Gasteiger partial charge in [0.2, 0.25) is 0 Å². The predicted molar refractivity (Wildman–Crippen MR) is 41.3 cm³/mol. The van der Waals surface area contributed by atoms with Crippen LogP contribution in [0.3, 0.4) is 0 Å². The van der Waals surface area contributed by atoms with E-state index in [1.54, 1.807) is 6.92 Å². The van der Waals surface area contributed by atoms with Crippen molar-refractivity contribution >= 4 is 15.9 Å². The average molecular weight is 307 g/mol. The van der Waals surface area contributed by atoms with Crippen molar-refractivity contribution in [3.8, 4) is 0 Å². The van der Waals surface area contributed by atoms with Crippen LogP contribution in [0.4, 0.5) is 0 Å². The maximum Gasteiger partial charge on any atom is 0.440 e. The van der Waals surface area contributed by atoms with Gasteiger partial charge in [-0.1, -0.05) is 13.8 Å². The van der Waals surface area contributed by atoms with Crippen LogP contribution in [0.15, 0.2) is 0 Å². The molecule has 1 unspecified atom stereocenters. The minimum atomic E-state index is -3.16. The molecule has 1 atom stereocenters. The van der Waals surface area contributed by atoms with Crippen molar-refractivity contribution in [3.05, 3.63) is 0 Å². The van der Waals surface area contributed by atoms with Gasteiger partial charge in [0.25, 0.3) is 4.63 Å². The second-order valence-corrected chi connectivity index (χ2v) is 4.90. The Morgan fingerprint density at radius 3 is 2.08 bits per heavy atom. The van der Waals surface area contributed by atoms with Gasteiger partial charge >= 0.3 is 14.8 Å². The summed E-state index contributed by atoms with van der Waals surface area (Å²) in [4.78, 5) is 1.86. The molecule has 0 aromatic carbocycles. The van der Waals surface area contributed by atoms with Gasteiger partial charge in [-0.15, -0.1) is 0 Å². The topological polar surface area (TPSA) is 58.6 Å². The summed E-state index contributed by atoms with van der Waals surface area (Å²) in [6.07, 6.45) is 0. The third-order valence-electron chi connectivity index (χ3n) is 1.53. The van der Waals surface area contributed by atoms with Crippen molar-refractivity contribution in [1.29, 1.82) is 0 Å². The fraction of sp³-hybridized carbons (Fsp3) is 1.00. The van der Waals surface area contributed by atoms with E-state index in [0.717, 1.165) is 13.1 Å². The van der Waals surface area contributed by atoms with Crippen molar-refractivity contribution in [2.45, 2.75) is 25.4 Å². The van der Waals surface area contributed by atoms with Crippen LogP contribution in [-0.4, -0.2) is 22.6 Å². The number of alkyl halides is 1. The van der Waals surface area contributed by atoms with E-state index in [4.69, 9.17) is 3.83 Å². The zero-order valence-corrected chi connectivity index (χ0v) is 10.5. The highest BCUT2D eigenvalue weighted by atomic mass is 80.0. The smallest absolute Gasteiger partial charge is 0.372 e. The number of hydrogen-bond donors (Lipinski definition) is 0. The number of halogens is 2. The number of nitrogens with zero attached hydrogens (tertiary/aromatic N) is 1. The monoisotopic (exact) mass is 305 g/mol. The Hall–Kier alpha value is 0.800. The Morgan fingerprint density at radius 2 is 1.83 bits per heavy atom. The maximum absolute atomic E-state index is 10.3. The molecule has 0 rings (SSSR count). The van der Waals surface area contributed by atoms with Gasteiger partial charge in [-0.3, -0.25) is 4.90 Å². The summed E-state index contributed by atoms with van der Waals surface area (Å²) in [5.41, 5.74) is 0. The van der Waals surface area contributed by atoms with Gasteiger partial charge in [-0.25, -0.2) is 0 Å². The summed E-state index contributed by atoms with van der Waals surface area (Å²) < 4.78 is 24.5. The highest BCUT2D eigenvalue weighted by Crippen LogP contribution is 2.24. The fourth-order valence-corrected chi connectivity index (χ4v) is 2.66. The molecule has 0 spiro atoms. The lowest BCUT2D eigenvalue weighted by molar-refractivity contribution is -1.63. The maximum atomic E-state index is 10.3.